The van der Waals surface area contributed by atoms with Gasteiger partial charge in [0, 0.05) is 50.1 Å². The quantitative estimate of drug-likeness (QED) is 0.534. The Labute approximate surface area is 188 Å². The average molecular weight is 437 g/mol. The van der Waals surface area contributed by atoms with E-state index in [1.54, 1.807) is 6.08 Å². The maximum atomic E-state index is 12.0. The standard InChI is InChI=1S/C24H28N4O2S/c1-2-6-23(30)28-17-15-27(16-18-28)21-12-10-20(11-13-21)25-24(31)26-22(29)14-9-19-7-4-3-5-8-19/h3-5,7-14H,2,6,15-18H2,1H3,(H2,25,26,29,31)/b14-9+. The Morgan fingerprint density at radius 2 is 1.68 bits per heavy atom. The topological polar surface area (TPSA) is 64.7 Å². The summed E-state index contributed by atoms with van der Waals surface area (Å²) in [6.45, 7) is 5.19. The van der Waals surface area contributed by atoms with Crippen molar-refractivity contribution in [2.45, 2.75) is 19.8 Å². The molecule has 1 aliphatic rings. The van der Waals surface area contributed by atoms with Crippen LogP contribution in [0.25, 0.3) is 6.08 Å². The van der Waals surface area contributed by atoms with E-state index in [9.17, 15) is 9.59 Å². The zero-order valence-corrected chi connectivity index (χ0v) is 18.5. The number of amides is 2. The van der Waals surface area contributed by atoms with Crippen molar-refractivity contribution in [3.63, 3.8) is 0 Å². The van der Waals surface area contributed by atoms with E-state index in [-0.39, 0.29) is 16.9 Å². The number of carbonyl (C=O) groups is 2. The van der Waals surface area contributed by atoms with Crippen molar-refractivity contribution in [2.24, 2.45) is 0 Å². The number of thiocarbonyl (C=S) groups is 1. The Bertz CT molecular complexity index is 920. The van der Waals surface area contributed by atoms with Gasteiger partial charge >= 0.3 is 0 Å². The van der Waals surface area contributed by atoms with E-state index in [4.69, 9.17) is 12.2 Å². The third-order valence-corrected chi connectivity index (χ3v) is 5.25. The molecule has 2 aromatic carbocycles. The van der Waals surface area contributed by atoms with E-state index in [1.807, 2.05) is 66.4 Å². The van der Waals surface area contributed by atoms with E-state index >= 15 is 0 Å². The van der Waals surface area contributed by atoms with Gasteiger partial charge in [0.1, 0.15) is 0 Å². The van der Waals surface area contributed by atoms with Crippen LogP contribution in [0.5, 0.6) is 0 Å². The first kappa shape index (κ1) is 22.5. The minimum absolute atomic E-state index is 0.246. The molecule has 0 bridgehead atoms. The molecule has 1 heterocycles. The summed E-state index contributed by atoms with van der Waals surface area (Å²) < 4.78 is 0. The predicted octanol–water partition coefficient (Wildman–Crippen LogP) is 3.66. The van der Waals surface area contributed by atoms with E-state index < -0.39 is 0 Å². The second-order valence-corrected chi connectivity index (χ2v) is 7.76. The first-order valence-corrected chi connectivity index (χ1v) is 10.9. The van der Waals surface area contributed by atoms with Gasteiger partial charge in [-0.15, -0.1) is 0 Å². The molecule has 0 spiro atoms. The number of nitrogens with one attached hydrogen (secondary N) is 2. The van der Waals surface area contributed by atoms with Gasteiger partial charge in [-0.3, -0.25) is 14.9 Å². The predicted molar refractivity (Wildman–Crippen MR) is 130 cm³/mol. The monoisotopic (exact) mass is 436 g/mol. The van der Waals surface area contributed by atoms with Crippen LogP contribution in [0.1, 0.15) is 25.3 Å². The minimum atomic E-state index is -0.284. The summed E-state index contributed by atoms with van der Waals surface area (Å²) in [5, 5.41) is 5.93. The number of benzene rings is 2. The lowest BCUT2D eigenvalue weighted by Crippen LogP contribution is -2.48. The minimum Gasteiger partial charge on any atom is -0.368 e. The zero-order chi connectivity index (χ0) is 22.1. The van der Waals surface area contributed by atoms with Crippen LogP contribution in [0.15, 0.2) is 60.7 Å². The average Bonchev–Trinajstić information content (AvgIpc) is 2.79. The fourth-order valence-corrected chi connectivity index (χ4v) is 3.61. The van der Waals surface area contributed by atoms with Crippen LogP contribution in [0.2, 0.25) is 0 Å². The third kappa shape index (κ3) is 6.93. The van der Waals surface area contributed by atoms with E-state index in [2.05, 4.69) is 15.5 Å². The molecule has 3 rings (SSSR count). The summed E-state index contributed by atoms with van der Waals surface area (Å²) in [5.74, 6) is -0.0377. The third-order valence-electron chi connectivity index (χ3n) is 5.05. The SMILES string of the molecule is CCCC(=O)N1CCN(c2ccc(NC(=S)NC(=O)/C=C/c3ccccc3)cc2)CC1. The maximum absolute atomic E-state index is 12.0. The summed E-state index contributed by atoms with van der Waals surface area (Å²) in [6, 6.07) is 17.5. The van der Waals surface area contributed by atoms with Crippen LogP contribution in [0.4, 0.5) is 11.4 Å². The first-order valence-electron chi connectivity index (χ1n) is 10.5. The van der Waals surface area contributed by atoms with Crippen molar-refractivity contribution < 1.29 is 9.59 Å². The molecular weight excluding hydrogens is 408 g/mol. The number of piperazine rings is 1. The number of hydrogen-bond donors (Lipinski definition) is 2. The van der Waals surface area contributed by atoms with Crippen molar-refractivity contribution in [3.8, 4) is 0 Å². The lowest BCUT2D eigenvalue weighted by Gasteiger charge is -2.36. The Balaban J connectivity index is 1.46. The largest absolute Gasteiger partial charge is 0.368 e. The van der Waals surface area contributed by atoms with Gasteiger partial charge in [0.2, 0.25) is 11.8 Å². The van der Waals surface area contributed by atoms with Gasteiger partial charge in [-0.1, -0.05) is 37.3 Å². The molecule has 0 unspecified atom stereocenters. The van der Waals surface area contributed by atoms with Gasteiger partial charge in [0.15, 0.2) is 5.11 Å². The van der Waals surface area contributed by atoms with Crippen LogP contribution in [-0.2, 0) is 9.59 Å². The van der Waals surface area contributed by atoms with Gasteiger partial charge in [0.25, 0.3) is 0 Å². The molecule has 0 radical (unpaired) electrons. The normalized spacial score (nSPS) is 13.8. The highest BCUT2D eigenvalue weighted by Gasteiger charge is 2.20. The van der Waals surface area contributed by atoms with Crippen molar-refractivity contribution in [1.29, 1.82) is 0 Å². The number of nitrogens with zero attached hydrogens (tertiary/aromatic N) is 2. The molecule has 2 amide bonds. The molecule has 0 atom stereocenters. The van der Waals surface area contributed by atoms with Gasteiger partial charge in [0.05, 0.1) is 0 Å². The lowest BCUT2D eigenvalue weighted by atomic mass is 10.2. The molecule has 31 heavy (non-hydrogen) atoms. The first-order chi connectivity index (χ1) is 15.0. The van der Waals surface area contributed by atoms with E-state index in [0.29, 0.717) is 6.42 Å². The molecule has 1 saturated heterocycles. The highest BCUT2D eigenvalue weighted by Crippen LogP contribution is 2.20. The van der Waals surface area contributed by atoms with E-state index in [0.717, 1.165) is 49.5 Å². The molecule has 0 aromatic heterocycles. The van der Waals surface area contributed by atoms with Crippen LogP contribution in [0, 0.1) is 0 Å². The van der Waals surface area contributed by atoms with Crippen LogP contribution in [-0.4, -0.2) is 48.0 Å². The molecule has 1 fully saturated rings. The van der Waals surface area contributed by atoms with Gasteiger partial charge in [-0.05, 0) is 54.5 Å². The zero-order valence-electron chi connectivity index (χ0n) is 17.7. The van der Waals surface area contributed by atoms with Crippen molar-refractivity contribution in [3.05, 3.63) is 66.2 Å². The maximum Gasteiger partial charge on any atom is 0.250 e. The Morgan fingerprint density at radius 1 is 1.00 bits per heavy atom. The number of rotatable bonds is 6. The summed E-state index contributed by atoms with van der Waals surface area (Å²) in [7, 11) is 0. The van der Waals surface area contributed by atoms with Gasteiger partial charge < -0.3 is 15.1 Å². The fraction of sp³-hybridized carbons (Fsp3) is 0.292. The van der Waals surface area contributed by atoms with Crippen molar-refractivity contribution in [1.82, 2.24) is 10.2 Å². The van der Waals surface area contributed by atoms with Crippen molar-refractivity contribution >= 4 is 46.6 Å². The van der Waals surface area contributed by atoms with E-state index in [1.165, 1.54) is 6.08 Å². The highest BCUT2D eigenvalue weighted by atomic mass is 32.1. The molecule has 7 heteroatoms. The Morgan fingerprint density at radius 3 is 2.32 bits per heavy atom. The number of hydrogen-bond acceptors (Lipinski definition) is 4. The fourth-order valence-electron chi connectivity index (χ4n) is 3.39. The summed E-state index contributed by atoms with van der Waals surface area (Å²) in [5.41, 5.74) is 2.86. The van der Waals surface area contributed by atoms with Crippen LogP contribution in [0.3, 0.4) is 0 Å². The molecule has 0 saturated carbocycles. The molecule has 2 N–H and O–H groups in total. The Kier molecular flexibility index (Phi) is 8.18. The lowest BCUT2D eigenvalue weighted by molar-refractivity contribution is -0.131. The molecule has 2 aromatic rings. The molecule has 6 nitrogen and oxygen atoms in total. The molecular formula is C24H28N4O2S. The summed E-state index contributed by atoms with van der Waals surface area (Å²) >= 11 is 5.24. The molecule has 1 aliphatic heterocycles. The Hall–Kier alpha value is -3.19. The summed E-state index contributed by atoms with van der Waals surface area (Å²) in [4.78, 5) is 28.3. The molecule has 162 valence electrons. The van der Waals surface area contributed by atoms with Crippen LogP contribution < -0.4 is 15.5 Å². The highest BCUT2D eigenvalue weighted by molar-refractivity contribution is 7.80. The molecule has 0 aliphatic carbocycles. The van der Waals surface area contributed by atoms with Gasteiger partial charge in [-0.2, -0.15) is 0 Å². The second kappa shape index (κ2) is 11.3. The second-order valence-electron chi connectivity index (χ2n) is 7.35. The van der Waals surface area contributed by atoms with Crippen molar-refractivity contribution in [2.75, 3.05) is 36.4 Å². The smallest absolute Gasteiger partial charge is 0.250 e. The number of carbonyl (C=O) groups excluding carboxylic acids is 2. The number of anilines is 2. The van der Waals surface area contributed by atoms with Gasteiger partial charge in [-0.25, -0.2) is 0 Å². The van der Waals surface area contributed by atoms with Crippen LogP contribution >= 0.6 is 12.2 Å². The summed E-state index contributed by atoms with van der Waals surface area (Å²) in [6.07, 6.45) is 4.71.